The lowest BCUT2D eigenvalue weighted by atomic mass is 10.1. The summed E-state index contributed by atoms with van der Waals surface area (Å²) in [6.07, 6.45) is 0.523. The van der Waals surface area contributed by atoms with Crippen LogP contribution in [0.4, 0.5) is 5.69 Å². The number of fused-ring (bicyclic) bond motifs is 2. The summed E-state index contributed by atoms with van der Waals surface area (Å²) in [7, 11) is 0. The molecular weight excluding hydrogens is 390 g/mol. The molecular formula is C21H17N3O6. The first-order valence-electron chi connectivity index (χ1n) is 9.24. The zero-order valence-corrected chi connectivity index (χ0v) is 16.0. The molecule has 30 heavy (non-hydrogen) atoms. The first kappa shape index (κ1) is 19.3. The molecule has 152 valence electrons. The normalized spacial score (nSPS) is 14.4. The topological polar surface area (TPSA) is 113 Å². The second-order valence-electron chi connectivity index (χ2n) is 6.88. The average Bonchev–Trinajstić information content (AvgIpc) is 3.27. The number of imide groups is 1. The first-order valence-corrected chi connectivity index (χ1v) is 9.24. The van der Waals surface area contributed by atoms with Gasteiger partial charge in [0.2, 0.25) is 11.8 Å². The van der Waals surface area contributed by atoms with Crippen LogP contribution in [0.2, 0.25) is 0 Å². The van der Waals surface area contributed by atoms with Crippen LogP contribution >= 0.6 is 0 Å². The minimum atomic E-state index is -0.852. The number of hydroxylamine groups is 2. The Morgan fingerprint density at radius 3 is 2.33 bits per heavy atom. The van der Waals surface area contributed by atoms with Gasteiger partial charge in [0.05, 0.1) is 23.2 Å². The molecule has 0 atom stereocenters. The smallest absolute Gasteiger partial charge is 0.347 e. The van der Waals surface area contributed by atoms with E-state index < -0.39 is 17.8 Å². The van der Waals surface area contributed by atoms with Crippen molar-refractivity contribution in [3.63, 3.8) is 0 Å². The van der Waals surface area contributed by atoms with E-state index in [1.54, 1.807) is 24.3 Å². The molecule has 0 fully saturated rings. The fraction of sp³-hybridized carbons (Fsp3) is 0.190. The average molecular weight is 407 g/mol. The Morgan fingerprint density at radius 1 is 1.03 bits per heavy atom. The molecule has 0 radical (unpaired) electrons. The number of carbonyl (C=O) groups is 5. The maximum atomic E-state index is 12.5. The summed E-state index contributed by atoms with van der Waals surface area (Å²) in [4.78, 5) is 67.1. The zero-order chi connectivity index (χ0) is 21.4. The number of hydrogen-bond donors (Lipinski definition) is 1. The van der Waals surface area contributed by atoms with Crippen LogP contribution < -0.4 is 10.2 Å². The maximum Gasteiger partial charge on any atom is 0.363 e. The Labute approximate surface area is 171 Å². The number of nitrogens with zero attached hydrogens (tertiary/aromatic N) is 2. The Balaban J connectivity index is 1.48. The van der Waals surface area contributed by atoms with E-state index in [-0.39, 0.29) is 35.0 Å². The molecule has 0 bridgehead atoms. The predicted octanol–water partition coefficient (Wildman–Crippen LogP) is 1.08. The van der Waals surface area contributed by atoms with Crippen molar-refractivity contribution in [1.82, 2.24) is 10.4 Å². The van der Waals surface area contributed by atoms with Crippen LogP contribution in [0, 0.1) is 0 Å². The van der Waals surface area contributed by atoms with Gasteiger partial charge in [0.25, 0.3) is 11.8 Å². The lowest BCUT2D eigenvalue weighted by Crippen LogP contribution is -2.38. The second kappa shape index (κ2) is 7.43. The number of hydrogen-bond acceptors (Lipinski definition) is 6. The Hall–Kier alpha value is -4.01. The van der Waals surface area contributed by atoms with E-state index in [2.05, 4.69) is 5.32 Å². The fourth-order valence-corrected chi connectivity index (χ4v) is 3.47. The molecule has 0 unspecified atom stereocenters. The molecule has 9 nitrogen and oxygen atoms in total. The van der Waals surface area contributed by atoms with Gasteiger partial charge in [-0.3, -0.25) is 19.2 Å². The van der Waals surface area contributed by atoms with Crippen LogP contribution in [-0.2, 0) is 20.8 Å². The van der Waals surface area contributed by atoms with Gasteiger partial charge in [0.15, 0.2) is 0 Å². The molecule has 4 rings (SSSR count). The van der Waals surface area contributed by atoms with E-state index in [1.165, 1.54) is 30.0 Å². The lowest BCUT2D eigenvalue weighted by Gasteiger charge is -2.18. The largest absolute Gasteiger partial charge is 0.363 e. The molecule has 2 aliphatic rings. The molecule has 2 heterocycles. The molecule has 0 aromatic heterocycles. The first-order chi connectivity index (χ1) is 14.4. The van der Waals surface area contributed by atoms with Gasteiger partial charge < -0.3 is 15.1 Å². The maximum absolute atomic E-state index is 12.5. The van der Waals surface area contributed by atoms with Gasteiger partial charge in [-0.1, -0.05) is 17.2 Å². The van der Waals surface area contributed by atoms with Crippen molar-refractivity contribution in [2.75, 3.05) is 18.0 Å². The highest BCUT2D eigenvalue weighted by Gasteiger charge is 2.39. The van der Waals surface area contributed by atoms with Crippen LogP contribution in [0.25, 0.3) is 0 Å². The Bertz CT molecular complexity index is 1070. The van der Waals surface area contributed by atoms with Gasteiger partial charge in [0.1, 0.15) is 0 Å². The minimum Gasteiger partial charge on any atom is -0.347 e. The van der Waals surface area contributed by atoms with E-state index in [1.807, 2.05) is 0 Å². The van der Waals surface area contributed by atoms with Crippen molar-refractivity contribution >= 4 is 35.3 Å². The SMILES string of the molecule is CC(=O)NCC(=O)N1CCc2cc(C(=O)ON3C(=O)c4ccccc4C3=O)ccc21. The van der Waals surface area contributed by atoms with Gasteiger partial charge >= 0.3 is 5.97 Å². The lowest BCUT2D eigenvalue weighted by molar-refractivity contribution is -0.123. The second-order valence-corrected chi connectivity index (χ2v) is 6.88. The third-order valence-corrected chi connectivity index (χ3v) is 4.93. The highest BCUT2D eigenvalue weighted by molar-refractivity contribution is 6.21. The summed E-state index contributed by atoms with van der Waals surface area (Å²) in [5.41, 5.74) is 1.90. The van der Waals surface area contributed by atoms with Crippen LogP contribution in [0.5, 0.6) is 0 Å². The van der Waals surface area contributed by atoms with E-state index in [9.17, 15) is 24.0 Å². The third kappa shape index (κ3) is 3.30. The zero-order valence-electron chi connectivity index (χ0n) is 16.0. The molecule has 0 aliphatic carbocycles. The monoisotopic (exact) mass is 407 g/mol. The van der Waals surface area contributed by atoms with Gasteiger partial charge in [0, 0.05) is 19.2 Å². The summed E-state index contributed by atoms with van der Waals surface area (Å²) in [6, 6.07) is 10.9. The standard InChI is InChI=1S/C21H17N3O6/c1-12(25)22-11-18(26)23-9-8-13-10-14(6-7-17(13)23)21(29)30-24-19(27)15-4-2-3-5-16(15)20(24)28/h2-7,10H,8-9,11H2,1H3,(H,22,25). The Kier molecular flexibility index (Phi) is 4.78. The fourth-order valence-electron chi connectivity index (χ4n) is 3.47. The van der Waals surface area contributed by atoms with Crippen molar-refractivity contribution in [3.05, 3.63) is 64.7 Å². The van der Waals surface area contributed by atoms with Crippen molar-refractivity contribution < 1.29 is 28.8 Å². The van der Waals surface area contributed by atoms with E-state index >= 15 is 0 Å². The van der Waals surface area contributed by atoms with Gasteiger partial charge in [-0.15, -0.1) is 0 Å². The summed E-state index contributed by atoms with van der Waals surface area (Å²) >= 11 is 0. The van der Waals surface area contributed by atoms with Crippen LogP contribution in [0.1, 0.15) is 43.6 Å². The van der Waals surface area contributed by atoms with E-state index in [0.29, 0.717) is 23.7 Å². The van der Waals surface area contributed by atoms with Crippen LogP contribution in [0.15, 0.2) is 42.5 Å². The highest BCUT2D eigenvalue weighted by atomic mass is 16.7. The summed E-state index contributed by atoms with van der Waals surface area (Å²) in [5, 5.41) is 2.93. The molecule has 9 heteroatoms. The molecule has 2 aliphatic heterocycles. The number of rotatable bonds is 4. The van der Waals surface area contributed by atoms with Crippen molar-refractivity contribution in [1.29, 1.82) is 0 Å². The molecule has 0 saturated carbocycles. The summed E-state index contributed by atoms with van der Waals surface area (Å²) in [5.74, 6) is -2.80. The Morgan fingerprint density at radius 2 is 1.70 bits per heavy atom. The quantitative estimate of drug-likeness (QED) is 0.759. The highest BCUT2D eigenvalue weighted by Crippen LogP contribution is 2.30. The number of nitrogens with one attached hydrogen (secondary N) is 1. The van der Waals surface area contributed by atoms with E-state index in [4.69, 9.17) is 4.84 Å². The summed E-state index contributed by atoms with van der Waals surface area (Å²) in [6.45, 7) is 1.64. The number of benzene rings is 2. The van der Waals surface area contributed by atoms with Gasteiger partial charge in [-0.05, 0) is 42.3 Å². The molecule has 4 amide bonds. The van der Waals surface area contributed by atoms with Crippen LogP contribution in [0.3, 0.4) is 0 Å². The van der Waals surface area contributed by atoms with Gasteiger partial charge in [-0.2, -0.15) is 0 Å². The minimum absolute atomic E-state index is 0.113. The molecule has 2 aromatic carbocycles. The molecule has 2 aromatic rings. The van der Waals surface area contributed by atoms with Crippen LogP contribution in [-0.4, -0.2) is 47.8 Å². The van der Waals surface area contributed by atoms with E-state index in [0.717, 1.165) is 5.56 Å². The number of amides is 4. The van der Waals surface area contributed by atoms with Gasteiger partial charge in [-0.25, -0.2) is 4.79 Å². The predicted molar refractivity (Wildman–Crippen MR) is 104 cm³/mol. The van der Waals surface area contributed by atoms with Crippen molar-refractivity contribution in [2.45, 2.75) is 13.3 Å². The molecule has 0 saturated heterocycles. The van der Waals surface area contributed by atoms with Crippen molar-refractivity contribution in [2.24, 2.45) is 0 Å². The third-order valence-electron chi connectivity index (χ3n) is 4.93. The number of anilines is 1. The number of carbonyl (C=O) groups excluding carboxylic acids is 5. The van der Waals surface area contributed by atoms with Crippen molar-refractivity contribution in [3.8, 4) is 0 Å². The summed E-state index contributed by atoms with van der Waals surface area (Å²) < 4.78 is 0. The molecule has 0 spiro atoms. The molecule has 1 N–H and O–H groups in total.